The van der Waals surface area contributed by atoms with Crippen LogP contribution in [0.1, 0.15) is 62.3 Å². The molecule has 0 radical (unpaired) electrons. The molecule has 4 nitrogen and oxygen atoms in total. The first-order chi connectivity index (χ1) is 10.5. The van der Waals surface area contributed by atoms with E-state index in [-0.39, 0.29) is 11.8 Å². The standard InChI is InChI=1S/C18H26N2O2/c1-5-6-7-8-9-20-17-13(3)10-12(2)11-15(17)16(18(20)22)19-14(4)21/h10-11,16H,5-9H2,1-4H3,(H,19,21)/t16-/m0/s1. The fourth-order valence-electron chi connectivity index (χ4n) is 3.24. The molecule has 0 aliphatic carbocycles. The van der Waals surface area contributed by atoms with Crippen molar-refractivity contribution >= 4 is 17.5 Å². The van der Waals surface area contributed by atoms with Gasteiger partial charge in [0, 0.05) is 19.0 Å². The minimum atomic E-state index is -0.530. The molecule has 0 saturated heterocycles. The van der Waals surface area contributed by atoms with Crippen LogP contribution in [-0.2, 0) is 9.59 Å². The SMILES string of the molecule is CCCCCCN1C(=O)[C@@H](NC(C)=O)c2cc(C)cc(C)c21. The molecule has 1 atom stereocenters. The lowest BCUT2D eigenvalue weighted by Gasteiger charge is -2.19. The second-order valence-corrected chi connectivity index (χ2v) is 6.20. The molecule has 1 N–H and O–H groups in total. The van der Waals surface area contributed by atoms with Crippen LogP contribution in [0.2, 0.25) is 0 Å². The van der Waals surface area contributed by atoms with E-state index in [9.17, 15) is 9.59 Å². The zero-order chi connectivity index (χ0) is 16.3. The summed E-state index contributed by atoms with van der Waals surface area (Å²) < 4.78 is 0. The molecule has 1 aliphatic heterocycles. The number of aryl methyl sites for hydroxylation is 2. The predicted octanol–water partition coefficient (Wildman–Crippen LogP) is 3.41. The molecular weight excluding hydrogens is 276 g/mol. The van der Waals surface area contributed by atoms with E-state index in [0.717, 1.165) is 41.8 Å². The number of hydrogen-bond donors (Lipinski definition) is 1. The van der Waals surface area contributed by atoms with E-state index < -0.39 is 6.04 Å². The van der Waals surface area contributed by atoms with Gasteiger partial charge in [-0.2, -0.15) is 0 Å². The van der Waals surface area contributed by atoms with Crippen molar-refractivity contribution in [3.63, 3.8) is 0 Å². The number of anilines is 1. The molecule has 1 aliphatic rings. The van der Waals surface area contributed by atoms with Gasteiger partial charge in [0.05, 0.1) is 5.69 Å². The van der Waals surface area contributed by atoms with Crippen molar-refractivity contribution in [2.24, 2.45) is 0 Å². The van der Waals surface area contributed by atoms with E-state index in [1.165, 1.54) is 19.8 Å². The molecule has 2 amide bonds. The molecule has 0 aromatic heterocycles. The van der Waals surface area contributed by atoms with Gasteiger partial charge in [0.15, 0.2) is 0 Å². The van der Waals surface area contributed by atoms with Crippen molar-refractivity contribution in [1.82, 2.24) is 5.32 Å². The maximum atomic E-state index is 12.7. The molecule has 1 heterocycles. The van der Waals surface area contributed by atoms with Crippen molar-refractivity contribution < 1.29 is 9.59 Å². The Labute approximate surface area is 132 Å². The van der Waals surface area contributed by atoms with Crippen molar-refractivity contribution in [2.75, 3.05) is 11.4 Å². The summed E-state index contributed by atoms with van der Waals surface area (Å²) in [5.74, 6) is -0.174. The topological polar surface area (TPSA) is 49.4 Å². The van der Waals surface area contributed by atoms with Gasteiger partial charge in [0.2, 0.25) is 5.91 Å². The Morgan fingerprint density at radius 1 is 1.23 bits per heavy atom. The number of hydrogen-bond acceptors (Lipinski definition) is 2. The number of nitrogens with zero attached hydrogens (tertiary/aromatic N) is 1. The summed E-state index contributed by atoms with van der Waals surface area (Å²) in [4.78, 5) is 26.0. The molecule has 120 valence electrons. The molecule has 4 heteroatoms. The molecule has 0 bridgehead atoms. The zero-order valence-electron chi connectivity index (χ0n) is 14.0. The number of nitrogens with one attached hydrogen (secondary N) is 1. The fraction of sp³-hybridized carbons (Fsp3) is 0.556. The Balaban J connectivity index is 2.29. The maximum Gasteiger partial charge on any atom is 0.254 e. The lowest BCUT2D eigenvalue weighted by atomic mass is 10.0. The summed E-state index contributed by atoms with van der Waals surface area (Å²) >= 11 is 0. The first kappa shape index (κ1) is 16.5. The molecule has 2 rings (SSSR count). The number of benzene rings is 1. The lowest BCUT2D eigenvalue weighted by Crippen LogP contribution is -2.37. The zero-order valence-corrected chi connectivity index (χ0v) is 14.0. The van der Waals surface area contributed by atoms with Crippen LogP contribution in [0, 0.1) is 13.8 Å². The summed E-state index contributed by atoms with van der Waals surface area (Å²) in [6.45, 7) is 8.42. The van der Waals surface area contributed by atoms with Crippen LogP contribution in [0.3, 0.4) is 0 Å². The minimum absolute atomic E-state index is 0.00426. The molecular formula is C18H26N2O2. The Bertz CT molecular complexity index is 581. The third kappa shape index (κ3) is 3.32. The largest absolute Gasteiger partial charge is 0.341 e. The maximum absolute atomic E-state index is 12.7. The molecule has 0 unspecified atom stereocenters. The fourth-order valence-corrected chi connectivity index (χ4v) is 3.24. The normalized spacial score (nSPS) is 16.8. The highest BCUT2D eigenvalue weighted by atomic mass is 16.2. The molecule has 1 aromatic carbocycles. The third-order valence-electron chi connectivity index (χ3n) is 4.15. The van der Waals surface area contributed by atoms with E-state index in [2.05, 4.69) is 18.3 Å². The first-order valence-corrected chi connectivity index (χ1v) is 8.15. The smallest absolute Gasteiger partial charge is 0.254 e. The monoisotopic (exact) mass is 302 g/mol. The number of carbonyl (C=O) groups is 2. The van der Waals surface area contributed by atoms with Gasteiger partial charge < -0.3 is 10.2 Å². The highest BCUT2D eigenvalue weighted by molar-refractivity contribution is 6.06. The van der Waals surface area contributed by atoms with Gasteiger partial charge in [-0.1, -0.05) is 43.9 Å². The van der Waals surface area contributed by atoms with Crippen molar-refractivity contribution in [3.8, 4) is 0 Å². The molecule has 0 spiro atoms. The second-order valence-electron chi connectivity index (χ2n) is 6.20. The Hall–Kier alpha value is -1.84. The highest BCUT2D eigenvalue weighted by Gasteiger charge is 2.38. The Morgan fingerprint density at radius 2 is 1.95 bits per heavy atom. The molecule has 0 fully saturated rings. The lowest BCUT2D eigenvalue weighted by molar-refractivity contribution is -0.126. The van der Waals surface area contributed by atoms with Gasteiger partial charge in [-0.25, -0.2) is 0 Å². The average Bonchev–Trinajstić information content (AvgIpc) is 2.68. The molecule has 1 aromatic rings. The van der Waals surface area contributed by atoms with Crippen LogP contribution in [-0.4, -0.2) is 18.4 Å². The van der Waals surface area contributed by atoms with E-state index in [1.807, 2.05) is 24.8 Å². The van der Waals surface area contributed by atoms with Crippen LogP contribution in [0.5, 0.6) is 0 Å². The summed E-state index contributed by atoms with van der Waals surface area (Å²) in [7, 11) is 0. The van der Waals surface area contributed by atoms with E-state index in [4.69, 9.17) is 0 Å². The Kier molecular flexibility index (Phi) is 5.22. The van der Waals surface area contributed by atoms with E-state index >= 15 is 0 Å². The molecule has 22 heavy (non-hydrogen) atoms. The number of carbonyl (C=O) groups excluding carboxylic acids is 2. The van der Waals surface area contributed by atoms with Crippen molar-refractivity contribution in [2.45, 2.75) is 59.4 Å². The van der Waals surface area contributed by atoms with Gasteiger partial charge in [-0.05, 0) is 25.8 Å². The summed E-state index contributed by atoms with van der Waals surface area (Å²) in [6.07, 6.45) is 4.50. The van der Waals surface area contributed by atoms with Gasteiger partial charge in [0.1, 0.15) is 6.04 Å². The number of rotatable bonds is 6. The van der Waals surface area contributed by atoms with Crippen molar-refractivity contribution in [3.05, 3.63) is 28.8 Å². The van der Waals surface area contributed by atoms with Gasteiger partial charge in [0.25, 0.3) is 5.91 Å². The van der Waals surface area contributed by atoms with Gasteiger partial charge in [-0.3, -0.25) is 9.59 Å². The Morgan fingerprint density at radius 3 is 2.59 bits per heavy atom. The van der Waals surface area contributed by atoms with Crippen LogP contribution in [0.4, 0.5) is 5.69 Å². The van der Waals surface area contributed by atoms with Gasteiger partial charge in [-0.15, -0.1) is 0 Å². The minimum Gasteiger partial charge on any atom is -0.341 e. The van der Waals surface area contributed by atoms with Crippen LogP contribution >= 0.6 is 0 Å². The van der Waals surface area contributed by atoms with Crippen LogP contribution < -0.4 is 10.2 Å². The van der Waals surface area contributed by atoms with Crippen LogP contribution in [0.15, 0.2) is 12.1 Å². The quantitative estimate of drug-likeness (QED) is 0.819. The summed E-state index contributed by atoms with van der Waals surface area (Å²) in [5, 5.41) is 2.80. The van der Waals surface area contributed by atoms with Crippen molar-refractivity contribution in [1.29, 1.82) is 0 Å². The van der Waals surface area contributed by atoms with Gasteiger partial charge >= 0.3 is 0 Å². The summed E-state index contributed by atoms with van der Waals surface area (Å²) in [6, 6.07) is 3.59. The highest BCUT2D eigenvalue weighted by Crippen LogP contribution is 2.39. The second kappa shape index (κ2) is 6.95. The third-order valence-corrected chi connectivity index (χ3v) is 4.15. The van der Waals surface area contributed by atoms with E-state index in [1.54, 1.807) is 0 Å². The number of unbranched alkanes of at least 4 members (excludes halogenated alkanes) is 3. The first-order valence-electron chi connectivity index (χ1n) is 8.15. The average molecular weight is 302 g/mol. The number of amides is 2. The van der Waals surface area contributed by atoms with Crippen LogP contribution in [0.25, 0.3) is 0 Å². The van der Waals surface area contributed by atoms with E-state index in [0.29, 0.717) is 0 Å². The number of fused-ring (bicyclic) bond motifs is 1. The molecule has 0 saturated carbocycles. The predicted molar refractivity (Wildman–Crippen MR) is 89.0 cm³/mol. The summed E-state index contributed by atoms with van der Waals surface area (Å²) in [5.41, 5.74) is 4.15.